The molecule has 146 valence electrons. The molecule has 3 rings (SSSR count). The zero-order valence-corrected chi connectivity index (χ0v) is 17.0. The SMILES string of the molecule is CC(C)(C)c1ccc(=O)n(CC2CCCN2CC2CCS(=O)(=O)CC2)n1. The highest BCUT2D eigenvalue weighted by molar-refractivity contribution is 7.91. The largest absolute Gasteiger partial charge is 0.298 e. The molecule has 6 nitrogen and oxygen atoms in total. The Morgan fingerprint density at radius 3 is 2.46 bits per heavy atom. The quantitative estimate of drug-likeness (QED) is 0.796. The summed E-state index contributed by atoms with van der Waals surface area (Å²) in [6.45, 7) is 8.89. The van der Waals surface area contributed by atoms with E-state index in [-0.39, 0.29) is 11.0 Å². The van der Waals surface area contributed by atoms with Crippen LogP contribution in [0.15, 0.2) is 16.9 Å². The Morgan fingerprint density at radius 2 is 1.81 bits per heavy atom. The molecule has 1 unspecified atom stereocenters. The first-order valence-corrected chi connectivity index (χ1v) is 11.5. The van der Waals surface area contributed by atoms with Gasteiger partial charge in [-0.1, -0.05) is 20.8 Å². The van der Waals surface area contributed by atoms with Crippen molar-refractivity contribution in [3.05, 3.63) is 28.2 Å². The average molecular weight is 382 g/mol. The summed E-state index contributed by atoms with van der Waals surface area (Å²) in [6.07, 6.45) is 3.73. The fourth-order valence-corrected chi connectivity index (χ4v) is 5.56. The van der Waals surface area contributed by atoms with Crippen LogP contribution < -0.4 is 5.56 Å². The first-order valence-electron chi connectivity index (χ1n) is 9.67. The van der Waals surface area contributed by atoms with Crippen LogP contribution in [0.1, 0.15) is 52.1 Å². The lowest BCUT2D eigenvalue weighted by Crippen LogP contribution is -2.41. The Morgan fingerprint density at radius 1 is 1.12 bits per heavy atom. The molecule has 0 amide bonds. The molecule has 2 fully saturated rings. The Kier molecular flexibility index (Phi) is 5.58. The van der Waals surface area contributed by atoms with Crippen molar-refractivity contribution in [2.24, 2.45) is 5.92 Å². The van der Waals surface area contributed by atoms with Gasteiger partial charge in [0.25, 0.3) is 5.56 Å². The van der Waals surface area contributed by atoms with Crippen LogP contribution in [0.2, 0.25) is 0 Å². The lowest BCUT2D eigenvalue weighted by atomic mass is 9.92. The van der Waals surface area contributed by atoms with Gasteiger partial charge in [0.05, 0.1) is 23.7 Å². The molecule has 26 heavy (non-hydrogen) atoms. The van der Waals surface area contributed by atoms with E-state index in [4.69, 9.17) is 0 Å². The van der Waals surface area contributed by atoms with Gasteiger partial charge in [-0.2, -0.15) is 5.10 Å². The molecule has 7 heteroatoms. The van der Waals surface area contributed by atoms with Gasteiger partial charge in [-0.25, -0.2) is 13.1 Å². The third kappa shape index (κ3) is 4.74. The predicted molar refractivity (Wildman–Crippen MR) is 103 cm³/mol. The Bertz CT molecular complexity index is 781. The lowest BCUT2D eigenvalue weighted by Gasteiger charge is -2.31. The van der Waals surface area contributed by atoms with E-state index in [1.807, 2.05) is 6.07 Å². The Labute approximate surface area is 156 Å². The van der Waals surface area contributed by atoms with E-state index < -0.39 is 9.84 Å². The lowest BCUT2D eigenvalue weighted by molar-refractivity contribution is 0.185. The van der Waals surface area contributed by atoms with E-state index in [0.29, 0.717) is 30.0 Å². The van der Waals surface area contributed by atoms with Crippen molar-refractivity contribution >= 4 is 9.84 Å². The van der Waals surface area contributed by atoms with Gasteiger partial charge in [0.1, 0.15) is 9.84 Å². The molecule has 0 aromatic carbocycles. The monoisotopic (exact) mass is 381 g/mol. The molecular weight excluding hydrogens is 350 g/mol. The fourth-order valence-electron chi connectivity index (χ4n) is 3.97. The first kappa shape index (κ1) is 19.5. The van der Waals surface area contributed by atoms with Gasteiger partial charge < -0.3 is 0 Å². The number of hydrogen-bond acceptors (Lipinski definition) is 5. The fraction of sp³-hybridized carbons (Fsp3) is 0.789. The van der Waals surface area contributed by atoms with Crippen LogP contribution in [0.4, 0.5) is 0 Å². The third-order valence-corrected chi connectivity index (χ3v) is 7.40. The summed E-state index contributed by atoms with van der Waals surface area (Å²) in [5, 5.41) is 4.61. The molecule has 2 saturated heterocycles. The highest BCUT2D eigenvalue weighted by Gasteiger charge is 2.31. The van der Waals surface area contributed by atoms with Crippen molar-refractivity contribution in [2.45, 2.75) is 64.5 Å². The second kappa shape index (κ2) is 7.43. The highest BCUT2D eigenvalue weighted by Crippen LogP contribution is 2.25. The van der Waals surface area contributed by atoms with Gasteiger partial charge in [0.15, 0.2) is 0 Å². The average Bonchev–Trinajstić information content (AvgIpc) is 2.97. The van der Waals surface area contributed by atoms with E-state index in [1.54, 1.807) is 10.7 Å². The van der Waals surface area contributed by atoms with Crippen LogP contribution in [0, 0.1) is 5.92 Å². The van der Waals surface area contributed by atoms with Crippen LogP contribution >= 0.6 is 0 Å². The molecule has 1 aromatic heterocycles. The minimum absolute atomic E-state index is 0.0476. The van der Waals surface area contributed by atoms with E-state index >= 15 is 0 Å². The molecule has 1 aromatic rings. The van der Waals surface area contributed by atoms with E-state index in [2.05, 4.69) is 30.8 Å². The second-order valence-corrected chi connectivity index (χ2v) is 11.2. The molecule has 0 aliphatic carbocycles. The van der Waals surface area contributed by atoms with E-state index in [0.717, 1.165) is 44.5 Å². The molecule has 0 N–H and O–H groups in total. The van der Waals surface area contributed by atoms with Gasteiger partial charge in [-0.05, 0) is 44.2 Å². The zero-order chi connectivity index (χ0) is 18.9. The van der Waals surface area contributed by atoms with Gasteiger partial charge in [-0.15, -0.1) is 0 Å². The molecular formula is C19H31N3O3S. The summed E-state index contributed by atoms with van der Waals surface area (Å²) in [4.78, 5) is 14.7. The summed E-state index contributed by atoms with van der Waals surface area (Å²) in [6, 6.07) is 3.76. The normalized spacial score (nSPS) is 24.8. The summed E-state index contributed by atoms with van der Waals surface area (Å²) in [7, 11) is -2.81. The van der Waals surface area contributed by atoms with Crippen molar-refractivity contribution < 1.29 is 8.42 Å². The van der Waals surface area contributed by atoms with Crippen LogP contribution in [0.25, 0.3) is 0 Å². The van der Waals surface area contributed by atoms with Crippen LogP contribution in [0.3, 0.4) is 0 Å². The summed E-state index contributed by atoms with van der Waals surface area (Å²) in [5.74, 6) is 1.10. The van der Waals surface area contributed by atoms with Crippen molar-refractivity contribution in [2.75, 3.05) is 24.6 Å². The molecule has 2 aliphatic heterocycles. The topological polar surface area (TPSA) is 72.3 Å². The van der Waals surface area contributed by atoms with Crippen LogP contribution in [-0.2, 0) is 21.8 Å². The number of aromatic nitrogens is 2. The summed E-state index contributed by atoms with van der Waals surface area (Å²) in [5.41, 5.74) is 0.797. The minimum atomic E-state index is -2.81. The van der Waals surface area contributed by atoms with Crippen molar-refractivity contribution in [3.63, 3.8) is 0 Å². The zero-order valence-electron chi connectivity index (χ0n) is 16.1. The van der Waals surface area contributed by atoms with E-state index in [1.165, 1.54) is 0 Å². The van der Waals surface area contributed by atoms with E-state index in [9.17, 15) is 13.2 Å². The summed E-state index contributed by atoms with van der Waals surface area (Å²) < 4.78 is 24.9. The van der Waals surface area contributed by atoms with Gasteiger partial charge in [0.2, 0.25) is 0 Å². The Balaban J connectivity index is 1.67. The minimum Gasteiger partial charge on any atom is -0.298 e. The number of hydrogen-bond donors (Lipinski definition) is 0. The molecule has 2 aliphatic rings. The molecule has 3 heterocycles. The maximum atomic E-state index is 12.3. The second-order valence-electron chi connectivity index (χ2n) is 8.88. The van der Waals surface area contributed by atoms with Crippen LogP contribution in [0.5, 0.6) is 0 Å². The number of likely N-dealkylation sites (tertiary alicyclic amines) is 1. The van der Waals surface area contributed by atoms with Crippen LogP contribution in [-0.4, -0.2) is 53.7 Å². The predicted octanol–water partition coefficient (Wildman–Crippen LogP) is 1.83. The van der Waals surface area contributed by atoms with Crippen molar-refractivity contribution in [1.29, 1.82) is 0 Å². The summed E-state index contributed by atoms with van der Waals surface area (Å²) >= 11 is 0. The van der Waals surface area contributed by atoms with Crippen molar-refractivity contribution in [3.8, 4) is 0 Å². The smallest absolute Gasteiger partial charge is 0.266 e. The standard InChI is InChI=1S/C19H31N3O3S/c1-19(2,3)17-6-7-18(23)22(20-17)14-16-5-4-10-21(16)13-15-8-11-26(24,25)12-9-15/h6-7,15-16H,4-5,8-14H2,1-3H3. The molecule has 1 atom stereocenters. The van der Waals surface area contributed by atoms with Gasteiger partial charge in [-0.3, -0.25) is 9.69 Å². The number of nitrogens with zero attached hydrogens (tertiary/aromatic N) is 3. The number of rotatable bonds is 4. The first-order chi connectivity index (χ1) is 12.1. The maximum absolute atomic E-state index is 12.3. The highest BCUT2D eigenvalue weighted by atomic mass is 32.2. The molecule has 0 saturated carbocycles. The third-order valence-electron chi connectivity index (χ3n) is 5.68. The molecule has 0 radical (unpaired) electrons. The Hall–Kier alpha value is -1.21. The van der Waals surface area contributed by atoms with Gasteiger partial charge in [0, 0.05) is 24.1 Å². The molecule has 0 spiro atoms. The van der Waals surface area contributed by atoms with Crippen molar-refractivity contribution in [1.82, 2.24) is 14.7 Å². The maximum Gasteiger partial charge on any atom is 0.266 e. The van der Waals surface area contributed by atoms with Gasteiger partial charge >= 0.3 is 0 Å². The molecule has 0 bridgehead atoms. The number of sulfone groups is 1.